The summed E-state index contributed by atoms with van der Waals surface area (Å²) < 4.78 is 15.6. The molecule has 0 saturated heterocycles. The molecule has 9 heteroatoms. The fourth-order valence-corrected chi connectivity index (χ4v) is 2.45. The van der Waals surface area contributed by atoms with Crippen molar-refractivity contribution in [1.29, 1.82) is 0 Å². The molecule has 0 aliphatic carbocycles. The fraction of sp³-hybridized carbons (Fsp3) is 0.565. The lowest BCUT2D eigenvalue weighted by atomic mass is 10.1. The molecule has 0 unspecified atom stereocenters. The van der Waals surface area contributed by atoms with E-state index in [0.29, 0.717) is 31.9 Å². The third-order valence-electron chi connectivity index (χ3n) is 4.42. The van der Waals surface area contributed by atoms with Crippen molar-refractivity contribution in [3.05, 3.63) is 29.8 Å². The van der Waals surface area contributed by atoms with Gasteiger partial charge in [0.25, 0.3) is 0 Å². The van der Waals surface area contributed by atoms with E-state index in [9.17, 15) is 19.2 Å². The van der Waals surface area contributed by atoms with E-state index >= 15 is 0 Å². The number of benzene rings is 1. The first kappa shape index (κ1) is 27.3. The molecule has 2 amide bonds. The summed E-state index contributed by atoms with van der Waals surface area (Å²) in [5, 5.41) is 5.34. The normalized spacial score (nSPS) is 11.7. The van der Waals surface area contributed by atoms with Crippen molar-refractivity contribution in [2.75, 3.05) is 31.7 Å². The number of ketones is 1. The standard InChI is InChI=1S/C23H34N2O7/c1-16(2)21(27)9-11-30-13-14-31-12-10-22(28)24-17(3)23(29)25-20-7-5-19(6-8-20)15-32-18(4)26/h5-8,16-17H,9-15H2,1-4H3,(H,24,28)(H,25,29)/t17-/m0/s1. The molecule has 0 aliphatic rings. The number of ether oxygens (including phenoxy) is 3. The Labute approximate surface area is 189 Å². The maximum Gasteiger partial charge on any atom is 0.302 e. The van der Waals surface area contributed by atoms with Gasteiger partial charge in [0.1, 0.15) is 18.4 Å². The minimum atomic E-state index is -0.718. The Morgan fingerprint density at radius 1 is 0.875 bits per heavy atom. The molecule has 1 atom stereocenters. The molecule has 0 spiro atoms. The molecular formula is C23H34N2O7. The number of esters is 1. The lowest BCUT2D eigenvalue weighted by molar-refractivity contribution is -0.142. The molecule has 2 N–H and O–H groups in total. The molecule has 178 valence electrons. The monoisotopic (exact) mass is 450 g/mol. The highest BCUT2D eigenvalue weighted by Crippen LogP contribution is 2.11. The molecule has 0 heterocycles. The minimum Gasteiger partial charge on any atom is -0.461 e. The van der Waals surface area contributed by atoms with Crippen molar-refractivity contribution in [2.24, 2.45) is 5.92 Å². The van der Waals surface area contributed by atoms with E-state index in [1.54, 1.807) is 31.2 Å². The zero-order valence-corrected chi connectivity index (χ0v) is 19.3. The Morgan fingerprint density at radius 2 is 1.47 bits per heavy atom. The summed E-state index contributed by atoms with van der Waals surface area (Å²) in [6.45, 7) is 8.06. The molecule has 0 radical (unpaired) electrons. The van der Waals surface area contributed by atoms with Crippen molar-refractivity contribution in [2.45, 2.75) is 53.2 Å². The largest absolute Gasteiger partial charge is 0.461 e. The quantitative estimate of drug-likeness (QED) is 0.311. The fourth-order valence-electron chi connectivity index (χ4n) is 2.45. The maximum absolute atomic E-state index is 12.2. The molecule has 0 aromatic heterocycles. The molecule has 1 rings (SSSR count). The smallest absolute Gasteiger partial charge is 0.302 e. The lowest BCUT2D eigenvalue weighted by Gasteiger charge is -2.14. The van der Waals surface area contributed by atoms with Crippen LogP contribution in [-0.4, -0.2) is 56.0 Å². The van der Waals surface area contributed by atoms with E-state index < -0.39 is 6.04 Å². The molecule has 1 aromatic carbocycles. The number of anilines is 1. The number of carbonyl (C=O) groups is 4. The van der Waals surface area contributed by atoms with Gasteiger partial charge in [0.15, 0.2) is 0 Å². The lowest BCUT2D eigenvalue weighted by Crippen LogP contribution is -2.41. The Hall–Kier alpha value is -2.78. The Balaban J connectivity index is 2.17. The number of hydrogen-bond donors (Lipinski definition) is 2. The Kier molecular flexibility index (Phi) is 12.9. The first-order valence-corrected chi connectivity index (χ1v) is 10.7. The van der Waals surface area contributed by atoms with Crippen LogP contribution in [0.25, 0.3) is 0 Å². The van der Waals surface area contributed by atoms with E-state index in [0.717, 1.165) is 5.56 Å². The van der Waals surface area contributed by atoms with E-state index in [-0.39, 0.29) is 49.1 Å². The van der Waals surface area contributed by atoms with Crippen LogP contribution in [0.5, 0.6) is 0 Å². The average Bonchev–Trinajstić information content (AvgIpc) is 2.74. The second-order valence-electron chi connectivity index (χ2n) is 7.60. The van der Waals surface area contributed by atoms with Gasteiger partial charge in [0, 0.05) is 31.4 Å². The molecular weight excluding hydrogens is 416 g/mol. The second-order valence-corrected chi connectivity index (χ2v) is 7.60. The second kappa shape index (κ2) is 15.1. The van der Waals surface area contributed by atoms with Crippen LogP contribution in [0.4, 0.5) is 5.69 Å². The van der Waals surface area contributed by atoms with Gasteiger partial charge in [-0.25, -0.2) is 0 Å². The summed E-state index contributed by atoms with van der Waals surface area (Å²) in [6.07, 6.45) is 0.507. The van der Waals surface area contributed by atoms with Crippen LogP contribution in [-0.2, 0) is 40.0 Å². The van der Waals surface area contributed by atoms with Gasteiger partial charge in [-0.1, -0.05) is 26.0 Å². The summed E-state index contributed by atoms with van der Waals surface area (Å²) in [7, 11) is 0. The number of carbonyl (C=O) groups excluding carboxylic acids is 4. The first-order valence-electron chi connectivity index (χ1n) is 10.7. The molecule has 0 fully saturated rings. The van der Waals surface area contributed by atoms with Crippen LogP contribution in [0.15, 0.2) is 24.3 Å². The predicted octanol–water partition coefficient (Wildman–Crippen LogP) is 2.23. The van der Waals surface area contributed by atoms with Crippen LogP contribution in [0.3, 0.4) is 0 Å². The first-order chi connectivity index (χ1) is 15.2. The van der Waals surface area contributed by atoms with Gasteiger partial charge < -0.3 is 24.8 Å². The van der Waals surface area contributed by atoms with E-state index in [1.165, 1.54) is 6.92 Å². The SMILES string of the molecule is CC(=O)OCc1ccc(NC(=O)[C@H](C)NC(=O)CCOCCOCCC(=O)C(C)C)cc1. The third kappa shape index (κ3) is 12.2. The Morgan fingerprint density at radius 3 is 2.03 bits per heavy atom. The van der Waals surface area contributed by atoms with E-state index in [4.69, 9.17) is 14.2 Å². The van der Waals surface area contributed by atoms with E-state index in [2.05, 4.69) is 10.6 Å². The molecule has 9 nitrogen and oxygen atoms in total. The summed E-state index contributed by atoms with van der Waals surface area (Å²) >= 11 is 0. The van der Waals surface area contributed by atoms with Crippen LogP contribution in [0.1, 0.15) is 46.1 Å². The highest BCUT2D eigenvalue weighted by atomic mass is 16.5. The average molecular weight is 451 g/mol. The van der Waals surface area contributed by atoms with Crippen LogP contribution in [0, 0.1) is 5.92 Å². The zero-order valence-electron chi connectivity index (χ0n) is 19.3. The number of hydrogen-bond acceptors (Lipinski definition) is 7. The number of rotatable bonds is 15. The highest BCUT2D eigenvalue weighted by molar-refractivity contribution is 5.96. The van der Waals surface area contributed by atoms with Crippen molar-refractivity contribution in [3.8, 4) is 0 Å². The van der Waals surface area contributed by atoms with Crippen molar-refractivity contribution in [1.82, 2.24) is 5.32 Å². The topological polar surface area (TPSA) is 120 Å². The molecule has 0 bridgehead atoms. The Bertz CT molecular complexity index is 747. The van der Waals surface area contributed by atoms with Crippen LogP contribution in [0.2, 0.25) is 0 Å². The number of Topliss-reactive ketones (excluding diaryl/α,β-unsaturated/α-hetero) is 1. The molecule has 32 heavy (non-hydrogen) atoms. The summed E-state index contributed by atoms with van der Waals surface area (Å²) in [5.74, 6) is -0.834. The van der Waals surface area contributed by atoms with Crippen molar-refractivity contribution < 1.29 is 33.4 Å². The maximum atomic E-state index is 12.2. The van der Waals surface area contributed by atoms with Crippen LogP contribution < -0.4 is 10.6 Å². The van der Waals surface area contributed by atoms with Gasteiger partial charge in [-0.15, -0.1) is 0 Å². The summed E-state index contributed by atoms with van der Waals surface area (Å²) in [4.78, 5) is 46.5. The zero-order chi connectivity index (χ0) is 23.9. The number of nitrogens with one attached hydrogen (secondary N) is 2. The van der Waals surface area contributed by atoms with Gasteiger partial charge in [0.2, 0.25) is 11.8 Å². The van der Waals surface area contributed by atoms with Gasteiger partial charge in [-0.05, 0) is 24.6 Å². The highest BCUT2D eigenvalue weighted by Gasteiger charge is 2.15. The summed E-state index contributed by atoms with van der Waals surface area (Å²) in [6, 6.07) is 6.15. The van der Waals surface area contributed by atoms with Crippen molar-refractivity contribution in [3.63, 3.8) is 0 Å². The molecule has 0 aliphatic heterocycles. The molecule has 0 saturated carbocycles. The minimum absolute atomic E-state index is 0.0112. The van der Waals surface area contributed by atoms with Crippen molar-refractivity contribution >= 4 is 29.3 Å². The van der Waals surface area contributed by atoms with Gasteiger partial charge in [0.05, 0.1) is 26.4 Å². The van der Waals surface area contributed by atoms with E-state index in [1.807, 2.05) is 13.8 Å². The predicted molar refractivity (Wildman–Crippen MR) is 119 cm³/mol. The molecule has 1 aromatic rings. The van der Waals surface area contributed by atoms with Crippen LogP contribution >= 0.6 is 0 Å². The summed E-state index contributed by atoms with van der Waals surface area (Å²) in [5.41, 5.74) is 1.37. The third-order valence-corrected chi connectivity index (χ3v) is 4.42. The van der Waals surface area contributed by atoms with Gasteiger partial charge in [-0.2, -0.15) is 0 Å². The van der Waals surface area contributed by atoms with Gasteiger partial charge >= 0.3 is 5.97 Å². The van der Waals surface area contributed by atoms with Gasteiger partial charge in [-0.3, -0.25) is 19.2 Å². The number of amides is 2.